The first kappa shape index (κ1) is 29.2. The van der Waals surface area contributed by atoms with Gasteiger partial charge in [-0.25, -0.2) is 19.7 Å². The third-order valence-corrected chi connectivity index (χ3v) is 8.63. The van der Waals surface area contributed by atoms with Crippen LogP contribution in [-0.4, -0.2) is 70.4 Å². The molecule has 0 saturated carbocycles. The van der Waals surface area contributed by atoms with Gasteiger partial charge in [0, 0.05) is 43.8 Å². The summed E-state index contributed by atoms with van der Waals surface area (Å²) >= 11 is 8.14. The van der Waals surface area contributed by atoms with Crippen molar-refractivity contribution in [3.05, 3.63) is 29.7 Å². The standard InChI is InChI=1S/C27H37ClN6O4S/c1-26(2,3)38-25(37)32-17-27(4)8-13-33(14-9-27)20-15-31-21(16-30-20)39-19-5-10-29-23(22(19)28)34-11-6-18(7-12-34)24(35)36/h5,10,15-16,18H,6-9,11-14,17H2,1-4H3,(H,32,37)(H,35,36). The van der Waals surface area contributed by atoms with Gasteiger partial charge in [0.05, 0.1) is 23.3 Å². The van der Waals surface area contributed by atoms with Gasteiger partial charge in [-0.1, -0.05) is 30.3 Å². The molecule has 12 heteroatoms. The summed E-state index contributed by atoms with van der Waals surface area (Å²) in [5, 5.41) is 13.4. The number of pyridine rings is 1. The van der Waals surface area contributed by atoms with E-state index >= 15 is 0 Å². The number of nitrogens with zero attached hydrogens (tertiary/aromatic N) is 5. The Bertz CT molecular complexity index is 1160. The first-order chi connectivity index (χ1) is 18.4. The van der Waals surface area contributed by atoms with Crippen LogP contribution in [0.3, 0.4) is 0 Å². The van der Waals surface area contributed by atoms with Crippen LogP contribution in [0.15, 0.2) is 34.6 Å². The molecule has 4 rings (SSSR count). The van der Waals surface area contributed by atoms with Crippen LogP contribution in [0.4, 0.5) is 16.4 Å². The number of carboxylic acids is 1. The van der Waals surface area contributed by atoms with Gasteiger partial charge in [-0.3, -0.25) is 4.79 Å². The highest BCUT2D eigenvalue weighted by Gasteiger charge is 2.32. The molecule has 2 aliphatic rings. The number of hydrogen-bond acceptors (Lipinski definition) is 9. The summed E-state index contributed by atoms with van der Waals surface area (Å²) in [7, 11) is 0. The lowest BCUT2D eigenvalue weighted by atomic mass is 9.80. The number of alkyl carbamates (subject to hydrolysis) is 1. The molecule has 0 atom stereocenters. The highest BCUT2D eigenvalue weighted by atomic mass is 35.5. The van der Waals surface area contributed by atoms with Gasteiger partial charge in [0.2, 0.25) is 0 Å². The van der Waals surface area contributed by atoms with Crippen molar-refractivity contribution in [1.82, 2.24) is 20.3 Å². The third kappa shape index (κ3) is 7.88. The molecule has 2 aliphatic heterocycles. The van der Waals surface area contributed by atoms with Crippen molar-refractivity contribution < 1.29 is 19.4 Å². The summed E-state index contributed by atoms with van der Waals surface area (Å²) in [6, 6.07) is 1.85. The molecule has 212 valence electrons. The lowest BCUT2D eigenvalue weighted by Crippen LogP contribution is -2.45. The fourth-order valence-electron chi connectivity index (χ4n) is 4.74. The molecule has 1 amide bonds. The van der Waals surface area contributed by atoms with Crippen LogP contribution in [0, 0.1) is 11.3 Å². The molecule has 2 aromatic rings. The summed E-state index contributed by atoms with van der Waals surface area (Å²) in [6.45, 7) is 11.2. The van der Waals surface area contributed by atoms with E-state index in [1.54, 1.807) is 18.6 Å². The number of amides is 1. The summed E-state index contributed by atoms with van der Waals surface area (Å²) in [4.78, 5) is 42.1. The fraction of sp³-hybridized carbons (Fsp3) is 0.593. The average Bonchev–Trinajstić information content (AvgIpc) is 2.89. The minimum Gasteiger partial charge on any atom is -0.481 e. The maximum absolute atomic E-state index is 12.0. The Balaban J connectivity index is 1.31. The molecule has 2 fully saturated rings. The SMILES string of the molecule is CC1(CNC(=O)OC(C)(C)C)CCN(c2cnc(Sc3ccnc(N4CCC(C(=O)O)CC4)c3Cl)cn2)CC1. The van der Waals surface area contributed by atoms with E-state index in [0.717, 1.165) is 41.7 Å². The van der Waals surface area contributed by atoms with Crippen LogP contribution >= 0.6 is 23.4 Å². The van der Waals surface area contributed by atoms with Gasteiger partial charge in [-0.2, -0.15) is 0 Å². The lowest BCUT2D eigenvalue weighted by Gasteiger charge is -2.40. The topological polar surface area (TPSA) is 121 Å². The number of anilines is 2. The lowest BCUT2D eigenvalue weighted by molar-refractivity contribution is -0.142. The van der Waals surface area contributed by atoms with E-state index in [0.29, 0.717) is 43.3 Å². The van der Waals surface area contributed by atoms with Crippen molar-refractivity contribution in [2.75, 3.05) is 42.5 Å². The average molecular weight is 577 g/mol. The maximum atomic E-state index is 12.0. The number of halogens is 1. The second-order valence-corrected chi connectivity index (χ2v) is 13.0. The molecule has 0 aliphatic carbocycles. The number of carboxylic acid groups (broad SMARTS) is 1. The number of nitrogens with one attached hydrogen (secondary N) is 1. The van der Waals surface area contributed by atoms with Crippen LogP contribution in [0.5, 0.6) is 0 Å². The molecule has 4 heterocycles. The van der Waals surface area contributed by atoms with Crippen molar-refractivity contribution in [2.24, 2.45) is 11.3 Å². The molecular formula is C27H37ClN6O4S. The molecule has 2 aromatic heterocycles. The molecule has 10 nitrogen and oxygen atoms in total. The molecule has 39 heavy (non-hydrogen) atoms. The van der Waals surface area contributed by atoms with Crippen molar-refractivity contribution in [2.45, 2.75) is 68.9 Å². The van der Waals surface area contributed by atoms with E-state index in [9.17, 15) is 14.7 Å². The summed E-state index contributed by atoms with van der Waals surface area (Å²) < 4.78 is 5.36. The van der Waals surface area contributed by atoms with Gasteiger partial charge < -0.3 is 25.0 Å². The fourth-order valence-corrected chi connectivity index (χ4v) is 5.84. The van der Waals surface area contributed by atoms with Crippen LogP contribution in [0.2, 0.25) is 5.02 Å². The van der Waals surface area contributed by atoms with Gasteiger partial charge in [0.15, 0.2) is 0 Å². The second kappa shape index (κ2) is 12.2. The van der Waals surface area contributed by atoms with Crippen molar-refractivity contribution in [3.8, 4) is 0 Å². The zero-order valence-corrected chi connectivity index (χ0v) is 24.5. The normalized spacial score (nSPS) is 18.1. The van der Waals surface area contributed by atoms with Crippen LogP contribution in [0.25, 0.3) is 0 Å². The second-order valence-electron chi connectivity index (χ2n) is 11.5. The van der Waals surface area contributed by atoms with Gasteiger partial charge in [-0.05, 0) is 57.9 Å². The summed E-state index contributed by atoms with van der Waals surface area (Å²) in [5.41, 5.74) is -0.515. The molecule has 2 N–H and O–H groups in total. The number of aromatic nitrogens is 3. The predicted octanol–water partition coefficient (Wildman–Crippen LogP) is 5.11. The monoisotopic (exact) mass is 576 g/mol. The van der Waals surface area contributed by atoms with Gasteiger partial charge >= 0.3 is 12.1 Å². The zero-order valence-electron chi connectivity index (χ0n) is 22.9. The van der Waals surface area contributed by atoms with E-state index < -0.39 is 11.6 Å². The Morgan fingerprint density at radius 1 is 1.13 bits per heavy atom. The van der Waals surface area contributed by atoms with Crippen molar-refractivity contribution >= 4 is 47.1 Å². The number of ether oxygens (including phenoxy) is 1. The minimum absolute atomic E-state index is 0.00464. The predicted molar refractivity (Wildman–Crippen MR) is 152 cm³/mol. The minimum atomic E-state index is -0.742. The van der Waals surface area contributed by atoms with E-state index in [1.165, 1.54) is 11.8 Å². The first-order valence-electron chi connectivity index (χ1n) is 13.3. The van der Waals surface area contributed by atoms with Crippen molar-refractivity contribution in [3.63, 3.8) is 0 Å². The summed E-state index contributed by atoms with van der Waals surface area (Å²) in [6.07, 6.45) is 7.87. The number of hydrogen-bond donors (Lipinski definition) is 2. The molecule has 0 bridgehead atoms. The Labute approximate surface area is 238 Å². The zero-order chi connectivity index (χ0) is 28.2. The number of rotatable bonds is 7. The highest BCUT2D eigenvalue weighted by Crippen LogP contribution is 2.38. The highest BCUT2D eigenvalue weighted by molar-refractivity contribution is 7.99. The smallest absolute Gasteiger partial charge is 0.407 e. The van der Waals surface area contributed by atoms with Crippen LogP contribution in [-0.2, 0) is 9.53 Å². The molecule has 0 unspecified atom stereocenters. The molecular weight excluding hydrogens is 540 g/mol. The first-order valence-corrected chi connectivity index (χ1v) is 14.5. The van der Waals surface area contributed by atoms with Crippen LogP contribution < -0.4 is 15.1 Å². The summed E-state index contributed by atoms with van der Waals surface area (Å²) in [5.74, 6) is 0.444. The van der Waals surface area contributed by atoms with Crippen LogP contribution in [0.1, 0.15) is 53.4 Å². The molecule has 0 spiro atoms. The quantitative estimate of drug-likeness (QED) is 0.460. The van der Waals surface area contributed by atoms with Gasteiger partial charge in [-0.15, -0.1) is 0 Å². The Morgan fingerprint density at radius 3 is 2.41 bits per heavy atom. The largest absolute Gasteiger partial charge is 0.481 e. The van der Waals surface area contributed by atoms with Gasteiger partial charge in [0.25, 0.3) is 0 Å². The van der Waals surface area contributed by atoms with E-state index in [-0.39, 0.29) is 17.4 Å². The van der Waals surface area contributed by atoms with E-state index in [4.69, 9.17) is 16.3 Å². The van der Waals surface area contributed by atoms with Crippen molar-refractivity contribution in [1.29, 1.82) is 0 Å². The van der Waals surface area contributed by atoms with E-state index in [2.05, 4.69) is 32.1 Å². The Hall–Kier alpha value is -2.79. The molecule has 2 saturated heterocycles. The molecule has 0 aromatic carbocycles. The number of carbonyl (C=O) groups excluding carboxylic acids is 1. The number of carbonyl (C=O) groups is 2. The third-order valence-electron chi connectivity index (χ3n) is 7.16. The van der Waals surface area contributed by atoms with E-state index in [1.807, 2.05) is 31.7 Å². The number of aliphatic carboxylic acids is 1. The number of piperidine rings is 2. The maximum Gasteiger partial charge on any atom is 0.407 e. The molecule has 0 radical (unpaired) electrons. The Kier molecular flexibility index (Phi) is 9.10. The van der Waals surface area contributed by atoms with Gasteiger partial charge in [0.1, 0.15) is 22.3 Å². The Morgan fingerprint density at radius 2 is 1.82 bits per heavy atom.